The van der Waals surface area contributed by atoms with E-state index in [2.05, 4.69) is 42.6 Å². The third-order valence-corrected chi connectivity index (χ3v) is 8.29. The molecular formula is C27H22BrF5N8O2. The summed E-state index contributed by atoms with van der Waals surface area (Å²) in [6.07, 6.45) is -5.87. The summed E-state index contributed by atoms with van der Waals surface area (Å²) in [6.45, 7) is 4.00. The molecule has 3 N–H and O–H groups in total. The van der Waals surface area contributed by atoms with Crippen LogP contribution in [0.1, 0.15) is 51.3 Å². The molecule has 0 radical (unpaired) electrons. The Morgan fingerprint density at radius 2 is 1.91 bits per heavy atom. The molecule has 0 spiro atoms. The van der Waals surface area contributed by atoms with Gasteiger partial charge in [-0.1, -0.05) is 6.58 Å². The van der Waals surface area contributed by atoms with Gasteiger partial charge in [0.1, 0.15) is 22.7 Å². The van der Waals surface area contributed by atoms with Crippen molar-refractivity contribution in [1.82, 2.24) is 34.5 Å². The van der Waals surface area contributed by atoms with Gasteiger partial charge >= 0.3 is 6.18 Å². The summed E-state index contributed by atoms with van der Waals surface area (Å²) in [5, 5.41) is 4.67. The summed E-state index contributed by atoms with van der Waals surface area (Å²) in [5.74, 6) is -1.80. The number of alkyl halides is 5. The molecule has 43 heavy (non-hydrogen) atoms. The van der Waals surface area contributed by atoms with Crippen molar-refractivity contribution >= 4 is 44.6 Å². The van der Waals surface area contributed by atoms with Gasteiger partial charge in [0.2, 0.25) is 5.91 Å². The third kappa shape index (κ3) is 4.82. The summed E-state index contributed by atoms with van der Waals surface area (Å²) >= 11 is 3.31. The molecule has 1 atom stereocenters. The molecule has 0 bridgehead atoms. The van der Waals surface area contributed by atoms with Gasteiger partial charge in [-0.15, -0.1) is 0 Å². The van der Waals surface area contributed by atoms with Crippen molar-refractivity contribution in [2.45, 2.75) is 31.5 Å². The fourth-order valence-electron chi connectivity index (χ4n) is 5.68. The third-order valence-electron chi connectivity index (χ3n) is 7.63. The summed E-state index contributed by atoms with van der Waals surface area (Å²) in [4.78, 5) is 40.0. The van der Waals surface area contributed by atoms with Gasteiger partial charge < -0.3 is 20.5 Å². The van der Waals surface area contributed by atoms with E-state index in [1.165, 1.54) is 27.8 Å². The number of nitrogen functional groups attached to an aromatic ring is 1. The predicted octanol–water partition coefficient (Wildman–Crippen LogP) is 4.76. The highest BCUT2D eigenvalue weighted by molar-refractivity contribution is 9.10. The number of halogens is 6. The van der Waals surface area contributed by atoms with E-state index in [1.54, 1.807) is 11.0 Å². The van der Waals surface area contributed by atoms with Crippen molar-refractivity contribution in [3.05, 3.63) is 75.4 Å². The second-order valence-electron chi connectivity index (χ2n) is 10.1. The highest BCUT2D eigenvalue weighted by Gasteiger charge is 2.41. The minimum atomic E-state index is -4.68. The second kappa shape index (κ2) is 10.4. The van der Waals surface area contributed by atoms with Gasteiger partial charge in [-0.05, 0) is 46.3 Å². The Balaban J connectivity index is 1.46. The molecule has 0 saturated heterocycles. The number of H-pyrrole nitrogens is 1. The van der Waals surface area contributed by atoms with Crippen LogP contribution in [0.3, 0.4) is 0 Å². The van der Waals surface area contributed by atoms with Crippen molar-refractivity contribution in [3.8, 4) is 5.69 Å². The van der Waals surface area contributed by atoms with Crippen LogP contribution < -0.4 is 5.73 Å². The smallest absolute Gasteiger partial charge is 0.382 e. The molecule has 1 aromatic carbocycles. The predicted molar refractivity (Wildman–Crippen MR) is 147 cm³/mol. The number of imidazole rings is 1. The number of nitrogens with zero attached hydrogens (tertiary/aromatic N) is 6. The molecule has 2 aliphatic rings. The average Bonchev–Trinajstić information content (AvgIpc) is 3.52. The Morgan fingerprint density at radius 3 is 2.58 bits per heavy atom. The van der Waals surface area contributed by atoms with E-state index >= 15 is 0 Å². The van der Waals surface area contributed by atoms with E-state index in [0.29, 0.717) is 27.8 Å². The fourth-order valence-corrected chi connectivity index (χ4v) is 6.10. The molecule has 224 valence electrons. The Hall–Kier alpha value is -4.34. The molecule has 2 aliphatic heterocycles. The molecule has 0 saturated carbocycles. The number of hydrogen-bond donors (Lipinski definition) is 2. The van der Waals surface area contributed by atoms with Crippen LogP contribution in [-0.2, 0) is 23.8 Å². The number of benzene rings is 1. The maximum atomic E-state index is 14.1. The number of nitrogens with one attached hydrogen (secondary N) is 1. The van der Waals surface area contributed by atoms with Gasteiger partial charge in [-0.3, -0.25) is 9.59 Å². The number of anilines is 1. The molecule has 5 heterocycles. The number of aromatic nitrogens is 5. The molecular weight excluding hydrogens is 643 g/mol. The van der Waals surface area contributed by atoms with Gasteiger partial charge in [0.25, 0.3) is 12.3 Å². The molecule has 0 aliphatic carbocycles. The van der Waals surface area contributed by atoms with Crippen LogP contribution in [-0.4, -0.2) is 66.0 Å². The lowest BCUT2D eigenvalue weighted by atomic mass is 9.94. The quantitative estimate of drug-likeness (QED) is 0.240. The van der Waals surface area contributed by atoms with Crippen molar-refractivity contribution in [2.75, 3.05) is 25.4 Å². The maximum Gasteiger partial charge on any atom is 0.433 e. The number of carbonyl (C=O) groups excluding carboxylic acids is 2. The van der Waals surface area contributed by atoms with Crippen molar-refractivity contribution in [1.29, 1.82) is 0 Å². The lowest BCUT2D eigenvalue weighted by Gasteiger charge is -2.38. The Kier molecular flexibility index (Phi) is 6.98. The first kappa shape index (κ1) is 28.8. The Labute approximate surface area is 248 Å². The molecule has 1 unspecified atom stereocenters. The summed E-state index contributed by atoms with van der Waals surface area (Å²) in [7, 11) is 0. The van der Waals surface area contributed by atoms with Crippen LogP contribution in [0.25, 0.3) is 16.7 Å². The zero-order valence-corrected chi connectivity index (χ0v) is 23.7. The van der Waals surface area contributed by atoms with Gasteiger partial charge in [0, 0.05) is 42.5 Å². The number of rotatable bonds is 4. The highest BCUT2D eigenvalue weighted by atomic mass is 79.9. The number of aromatic amines is 1. The van der Waals surface area contributed by atoms with Gasteiger partial charge in [-0.2, -0.15) is 18.3 Å². The number of carbonyl (C=O) groups is 2. The summed E-state index contributed by atoms with van der Waals surface area (Å²) in [5.41, 5.74) is 7.16. The number of amides is 2. The average molecular weight is 665 g/mol. The molecule has 3 aromatic heterocycles. The normalized spacial score (nSPS) is 16.9. The molecule has 16 heteroatoms. The minimum Gasteiger partial charge on any atom is -0.382 e. The topological polar surface area (TPSA) is 126 Å². The van der Waals surface area contributed by atoms with Crippen LogP contribution in [0, 0.1) is 0 Å². The SMILES string of the molecule is C=CC(=O)N1CCc2nn(-c3ccc(C(F)(F)F)nc3N)c3c2C(C1)N(C(=O)c1ccc(Br)c2[nH]c(C(F)F)nc12)CC3. The van der Waals surface area contributed by atoms with Gasteiger partial charge in [0.15, 0.2) is 5.82 Å². The van der Waals surface area contributed by atoms with Crippen molar-refractivity contribution < 1.29 is 31.5 Å². The van der Waals surface area contributed by atoms with E-state index in [0.717, 1.165) is 6.07 Å². The van der Waals surface area contributed by atoms with Crippen LogP contribution in [0.5, 0.6) is 0 Å². The summed E-state index contributed by atoms with van der Waals surface area (Å²) < 4.78 is 68.5. The van der Waals surface area contributed by atoms with E-state index in [4.69, 9.17) is 5.73 Å². The molecule has 6 rings (SSSR count). The molecule has 10 nitrogen and oxygen atoms in total. The van der Waals surface area contributed by atoms with Gasteiger partial charge in [-0.25, -0.2) is 23.4 Å². The van der Waals surface area contributed by atoms with Crippen LogP contribution >= 0.6 is 15.9 Å². The number of fused-ring (bicyclic) bond motifs is 1. The van der Waals surface area contributed by atoms with Crippen LogP contribution in [0.2, 0.25) is 0 Å². The number of hydrogen-bond acceptors (Lipinski definition) is 6. The monoisotopic (exact) mass is 664 g/mol. The first-order chi connectivity index (χ1) is 20.4. The van der Waals surface area contributed by atoms with E-state index in [-0.39, 0.29) is 60.1 Å². The minimum absolute atomic E-state index is 0.0626. The Bertz CT molecular complexity index is 1800. The Morgan fingerprint density at radius 1 is 1.14 bits per heavy atom. The van der Waals surface area contributed by atoms with E-state index < -0.39 is 36.1 Å². The van der Waals surface area contributed by atoms with Crippen LogP contribution in [0.4, 0.5) is 27.8 Å². The van der Waals surface area contributed by atoms with Gasteiger partial charge in [0.05, 0.1) is 28.5 Å². The van der Waals surface area contributed by atoms with E-state index in [9.17, 15) is 31.5 Å². The number of pyridine rings is 1. The van der Waals surface area contributed by atoms with Crippen molar-refractivity contribution in [3.63, 3.8) is 0 Å². The molecule has 2 amide bonds. The maximum absolute atomic E-state index is 14.1. The summed E-state index contributed by atoms with van der Waals surface area (Å²) in [6, 6.07) is 4.35. The second-order valence-corrected chi connectivity index (χ2v) is 10.9. The van der Waals surface area contributed by atoms with Crippen LogP contribution in [0.15, 0.2) is 41.4 Å². The van der Waals surface area contributed by atoms with E-state index in [1.807, 2.05) is 0 Å². The lowest BCUT2D eigenvalue weighted by molar-refractivity contribution is -0.141. The first-order valence-corrected chi connectivity index (χ1v) is 13.8. The molecule has 4 aromatic rings. The zero-order valence-electron chi connectivity index (χ0n) is 22.1. The fraction of sp³-hybridized carbons (Fsp3) is 0.296. The zero-order chi connectivity index (χ0) is 30.8. The number of nitrogens with two attached hydrogens (primary N) is 1. The highest BCUT2D eigenvalue weighted by Crippen LogP contribution is 2.39. The standard InChI is InChI=1S/C27H22BrF5N8O2/c1-2-19(42)39-9-7-14-20-15(41(38-14)16-5-6-18(27(31,32)33)35-24(16)34)8-10-40(17(20)11-39)26(43)12-3-4-13(28)22-21(12)36-25(37-22)23(29)30/h2-6,17,23H,1,7-11H2,(H2,34,35)(H,36,37). The largest absolute Gasteiger partial charge is 0.433 e. The van der Waals surface area contributed by atoms with Crippen molar-refractivity contribution in [2.24, 2.45) is 0 Å². The first-order valence-electron chi connectivity index (χ1n) is 13.0. The molecule has 0 fully saturated rings. The lowest BCUT2D eigenvalue weighted by Crippen LogP contribution is -2.46.